The largest absolute Gasteiger partial charge is 0.492 e. The van der Waals surface area contributed by atoms with Crippen molar-refractivity contribution in [2.24, 2.45) is 10.2 Å². The maximum absolute atomic E-state index is 11.6. The molecule has 0 aliphatic rings. The Morgan fingerprint density at radius 2 is 2.00 bits per heavy atom. The normalized spacial score (nSPS) is 10.9. The van der Waals surface area contributed by atoms with Crippen LogP contribution in [0.1, 0.15) is 12.7 Å². The Bertz CT molecular complexity index is 620. The third-order valence-electron chi connectivity index (χ3n) is 2.28. The Morgan fingerprint density at radius 3 is 2.61 bits per heavy atom. The Labute approximate surface area is 103 Å². The average molecular weight is 244 g/mol. The molecule has 2 rings (SSSR count). The number of hydrogen-bond donors (Lipinski definition) is 2. The molecule has 2 N–H and O–H groups in total. The van der Waals surface area contributed by atoms with E-state index in [0.717, 1.165) is 0 Å². The van der Waals surface area contributed by atoms with Crippen LogP contribution >= 0.6 is 0 Å². The molecule has 6 nitrogen and oxygen atoms in total. The number of benzene rings is 1. The number of aromatic hydroxyl groups is 1. The van der Waals surface area contributed by atoms with Gasteiger partial charge in [-0.25, -0.2) is 0 Å². The summed E-state index contributed by atoms with van der Waals surface area (Å²) in [6.07, 6.45) is 0.527. The fourth-order valence-corrected chi connectivity index (χ4v) is 1.36. The van der Waals surface area contributed by atoms with Gasteiger partial charge in [0.05, 0.1) is 5.69 Å². The minimum atomic E-state index is -0.501. The molecule has 1 aromatic carbocycles. The molecule has 92 valence electrons. The van der Waals surface area contributed by atoms with E-state index in [9.17, 15) is 9.90 Å². The summed E-state index contributed by atoms with van der Waals surface area (Å²) in [4.78, 5) is 18.0. The van der Waals surface area contributed by atoms with Gasteiger partial charge in [0.1, 0.15) is 5.82 Å². The highest BCUT2D eigenvalue weighted by molar-refractivity contribution is 5.44. The molecule has 0 aliphatic carbocycles. The number of aryl methyl sites for hydroxylation is 1. The molecule has 0 spiro atoms. The lowest BCUT2D eigenvalue weighted by atomic mass is 10.3. The van der Waals surface area contributed by atoms with E-state index in [1.807, 2.05) is 13.0 Å². The molecule has 0 unspecified atom stereocenters. The molecule has 0 amide bonds. The van der Waals surface area contributed by atoms with Gasteiger partial charge < -0.3 is 10.1 Å². The van der Waals surface area contributed by atoms with E-state index < -0.39 is 11.4 Å². The summed E-state index contributed by atoms with van der Waals surface area (Å²) in [5.41, 5.74) is -0.0917. The second-order valence-electron chi connectivity index (χ2n) is 3.57. The summed E-state index contributed by atoms with van der Waals surface area (Å²) in [5.74, 6) is 0.00597. The van der Waals surface area contributed by atoms with Crippen LogP contribution in [0.4, 0.5) is 11.4 Å². The molecule has 2 aromatic rings. The Morgan fingerprint density at radius 1 is 1.28 bits per heavy atom. The molecule has 0 atom stereocenters. The van der Waals surface area contributed by atoms with Crippen molar-refractivity contribution >= 4 is 11.4 Å². The Kier molecular flexibility index (Phi) is 3.47. The van der Waals surface area contributed by atoms with Gasteiger partial charge in [-0.2, -0.15) is 10.1 Å². The predicted octanol–water partition coefficient (Wildman–Crippen LogP) is 2.45. The SMILES string of the molecule is CCc1nc(O)c(N=Nc2ccccc2)c(=O)[nH]1. The average Bonchev–Trinajstić information content (AvgIpc) is 2.38. The van der Waals surface area contributed by atoms with Crippen LogP contribution in [-0.2, 0) is 6.42 Å². The monoisotopic (exact) mass is 244 g/mol. The van der Waals surface area contributed by atoms with E-state index in [2.05, 4.69) is 20.2 Å². The van der Waals surface area contributed by atoms with E-state index in [-0.39, 0.29) is 5.69 Å². The zero-order valence-electron chi connectivity index (χ0n) is 9.79. The van der Waals surface area contributed by atoms with Gasteiger partial charge in [0.2, 0.25) is 11.6 Å². The first kappa shape index (κ1) is 12.0. The van der Waals surface area contributed by atoms with E-state index in [0.29, 0.717) is 17.9 Å². The van der Waals surface area contributed by atoms with Crippen LogP contribution in [0.3, 0.4) is 0 Å². The van der Waals surface area contributed by atoms with Gasteiger partial charge in [-0.05, 0) is 12.1 Å². The first-order valence-corrected chi connectivity index (χ1v) is 5.49. The highest BCUT2D eigenvalue weighted by atomic mass is 16.3. The lowest BCUT2D eigenvalue weighted by molar-refractivity contribution is 0.449. The number of aromatic amines is 1. The fourth-order valence-electron chi connectivity index (χ4n) is 1.36. The summed E-state index contributed by atoms with van der Waals surface area (Å²) < 4.78 is 0. The van der Waals surface area contributed by atoms with Crippen LogP contribution in [0.25, 0.3) is 0 Å². The van der Waals surface area contributed by atoms with Gasteiger partial charge in [0, 0.05) is 6.42 Å². The summed E-state index contributed by atoms with van der Waals surface area (Å²) in [7, 11) is 0. The molecule has 6 heteroatoms. The fraction of sp³-hybridized carbons (Fsp3) is 0.167. The van der Waals surface area contributed by atoms with Crippen molar-refractivity contribution in [1.82, 2.24) is 9.97 Å². The first-order chi connectivity index (χ1) is 8.70. The van der Waals surface area contributed by atoms with Crippen LogP contribution in [0, 0.1) is 0 Å². The van der Waals surface area contributed by atoms with Crippen LogP contribution in [0.2, 0.25) is 0 Å². The van der Waals surface area contributed by atoms with E-state index in [4.69, 9.17) is 0 Å². The molecule has 0 fully saturated rings. The second-order valence-corrected chi connectivity index (χ2v) is 3.57. The second kappa shape index (κ2) is 5.22. The van der Waals surface area contributed by atoms with Gasteiger partial charge in [-0.3, -0.25) is 4.79 Å². The molecule has 0 aliphatic heterocycles. The van der Waals surface area contributed by atoms with Crippen LogP contribution < -0.4 is 5.56 Å². The third kappa shape index (κ3) is 2.60. The van der Waals surface area contributed by atoms with E-state index in [1.165, 1.54) is 0 Å². The molecular weight excluding hydrogens is 232 g/mol. The lowest BCUT2D eigenvalue weighted by Gasteiger charge is -1.99. The van der Waals surface area contributed by atoms with E-state index in [1.54, 1.807) is 24.3 Å². The van der Waals surface area contributed by atoms with Crippen LogP contribution in [0.5, 0.6) is 5.88 Å². The van der Waals surface area contributed by atoms with Gasteiger partial charge in [0.25, 0.3) is 5.56 Å². The maximum atomic E-state index is 11.6. The summed E-state index contributed by atoms with van der Waals surface area (Å²) in [6.45, 7) is 1.82. The number of H-pyrrole nitrogens is 1. The maximum Gasteiger partial charge on any atom is 0.282 e. The van der Waals surface area contributed by atoms with Crippen molar-refractivity contribution < 1.29 is 5.11 Å². The van der Waals surface area contributed by atoms with Crippen molar-refractivity contribution in [1.29, 1.82) is 0 Å². The summed E-state index contributed by atoms with van der Waals surface area (Å²) >= 11 is 0. The van der Waals surface area contributed by atoms with Crippen molar-refractivity contribution in [3.05, 3.63) is 46.5 Å². The number of nitrogens with one attached hydrogen (secondary N) is 1. The smallest absolute Gasteiger partial charge is 0.282 e. The minimum absolute atomic E-state index is 0.184. The molecule has 1 heterocycles. The topological polar surface area (TPSA) is 90.7 Å². The standard InChI is InChI=1S/C12H12N4O2/c1-2-9-13-11(17)10(12(18)14-9)16-15-8-6-4-3-5-7-8/h3-7H,2H2,1H3,(H2,13,14,17,18). The Hall–Kier alpha value is -2.50. The van der Waals surface area contributed by atoms with Crippen LogP contribution in [0.15, 0.2) is 45.4 Å². The van der Waals surface area contributed by atoms with E-state index >= 15 is 0 Å². The zero-order chi connectivity index (χ0) is 13.0. The first-order valence-electron chi connectivity index (χ1n) is 5.49. The van der Waals surface area contributed by atoms with Gasteiger partial charge in [-0.15, -0.1) is 5.11 Å². The number of hydrogen-bond acceptors (Lipinski definition) is 5. The molecule has 0 saturated carbocycles. The van der Waals surface area contributed by atoms with Gasteiger partial charge >= 0.3 is 0 Å². The van der Waals surface area contributed by atoms with Crippen molar-refractivity contribution in [3.63, 3.8) is 0 Å². The molecule has 0 saturated heterocycles. The summed E-state index contributed by atoms with van der Waals surface area (Å²) in [5, 5.41) is 17.2. The van der Waals surface area contributed by atoms with Gasteiger partial charge in [0.15, 0.2) is 0 Å². The minimum Gasteiger partial charge on any atom is -0.492 e. The number of aromatic nitrogens is 2. The molecule has 1 aromatic heterocycles. The highest BCUT2D eigenvalue weighted by Gasteiger charge is 2.09. The molecule has 18 heavy (non-hydrogen) atoms. The van der Waals surface area contributed by atoms with Crippen LogP contribution in [-0.4, -0.2) is 15.1 Å². The molecular formula is C12H12N4O2. The number of azo groups is 1. The lowest BCUT2D eigenvalue weighted by Crippen LogP contribution is -2.10. The quantitative estimate of drug-likeness (QED) is 0.812. The predicted molar refractivity (Wildman–Crippen MR) is 66.5 cm³/mol. The van der Waals surface area contributed by atoms with Gasteiger partial charge in [-0.1, -0.05) is 25.1 Å². The number of nitrogens with zero attached hydrogens (tertiary/aromatic N) is 3. The molecule has 0 bridgehead atoms. The summed E-state index contributed by atoms with van der Waals surface area (Å²) in [6, 6.07) is 8.93. The van der Waals surface area contributed by atoms with Crippen molar-refractivity contribution in [2.75, 3.05) is 0 Å². The molecule has 0 radical (unpaired) electrons. The zero-order valence-corrected chi connectivity index (χ0v) is 9.79. The number of rotatable bonds is 3. The highest BCUT2D eigenvalue weighted by Crippen LogP contribution is 2.21. The van der Waals surface area contributed by atoms with Crippen molar-refractivity contribution in [2.45, 2.75) is 13.3 Å². The Balaban J connectivity index is 2.36. The third-order valence-corrected chi connectivity index (χ3v) is 2.28. The van der Waals surface area contributed by atoms with Crippen molar-refractivity contribution in [3.8, 4) is 5.88 Å².